The second kappa shape index (κ2) is 11.7. The number of aromatic nitrogens is 1. The number of nitrogens with one attached hydrogen (secondary N) is 1. The minimum Gasteiger partial charge on any atom is -0.478 e. The third-order valence-corrected chi connectivity index (χ3v) is 7.20. The predicted molar refractivity (Wildman–Crippen MR) is 140 cm³/mol. The van der Waals surface area contributed by atoms with Crippen LogP contribution in [-0.2, 0) is 28.8 Å². The molecule has 1 aromatic heterocycles. The molecule has 1 heterocycles. The van der Waals surface area contributed by atoms with E-state index in [-0.39, 0.29) is 11.1 Å². The number of anilines is 1. The van der Waals surface area contributed by atoms with E-state index in [0.717, 1.165) is 79.7 Å². The van der Waals surface area contributed by atoms with Gasteiger partial charge in [-0.05, 0) is 68.4 Å². The molecule has 2 N–H and O–H groups in total. The van der Waals surface area contributed by atoms with E-state index in [9.17, 15) is 18.4 Å². The minimum atomic E-state index is -1.29. The molecule has 2 aromatic carbocycles. The van der Waals surface area contributed by atoms with Crippen LogP contribution in [0, 0.1) is 11.6 Å². The summed E-state index contributed by atoms with van der Waals surface area (Å²) < 4.78 is 34.6. The lowest BCUT2D eigenvalue weighted by atomic mass is 9.88. The summed E-state index contributed by atoms with van der Waals surface area (Å²) in [6.45, 7) is 4.82. The van der Waals surface area contributed by atoms with E-state index in [1.807, 2.05) is 12.1 Å². The smallest absolute Gasteiger partial charge is 0.331 e. The third kappa shape index (κ3) is 6.11. The summed E-state index contributed by atoms with van der Waals surface area (Å²) in [5.41, 5.74) is 3.46. The van der Waals surface area contributed by atoms with Gasteiger partial charge in [-0.15, -0.1) is 11.3 Å². The molecule has 0 fully saturated rings. The number of rotatable bonds is 10. The highest BCUT2D eigenvalue weighted by Gasteiger charge is 2.24. The first kappa shape index (κ1) is 26.6. The van der Waals surface area contributed by atoms with Crippen molar-refractivity contribution in [3.63, 3.8) is 0 Å². The first-order valence-electron chi connectivity index (χ1n) is 12.2. The molecule has 0 saturated carbocycles. The van der Waals surface area contributed by atoms with Gasteiger partial charge in [-0.25, -0.2) is 18.6 Å². The Morgan fingerprint density at radius 1 is 1.19 bits per heavy atom. The van der Waals surface area contributed by atoms with Crippen LogP contribution >= 0.6 is 11.3 Å². The van der Waals surface area contributed by atoms with Crippen molar-refractivity contribution < 1.29 is 28.2 Å². The molecule has 0 bridgehead atoms. The zero-order valence-corrected chi connectivity index (χ0v) is 21.5. The van der Waals surface area contributed by atoms with Gasteiger partial charge in [-0.2, -0.15) is 0 Å². The first-order valence-corrected chi connectivity index (χ1v) is 13.0. The molecule has 1 amide bonds. The van der Waals surface area contributed by atoms with Crippen molar-refractivity contribution >= 4 is 34.4 Å². The minimum absolute atomic E-state index is 0.221. The molecule has 0 aliphatic heterocycles. The van der Waals surface area contributed by atoms with Crippen molar-refractivity contribution in [2.24, 2.45) is 0 Å². The van der Waals surface area contributed by atoms with E-state index in [1.165, 1.54) is 29.4 Å². The molecule has 0 radical (unpaired) electrons. The van der Waals surface area contributed by atoms with E-state index in [4.69, 9.17) is 9.84 Å². The number of carbonyl (C=O) groups excluding carboxylic acids is 1. The van der Waals surface area contributed by atoms with Crippen molar-refractivity contribution in [3.8, 4) is 11.3 Å². The Hall–Kier alpha value is -3.43. The van der Waals surface area contributed by atoms with Gasteiger partial charge in [0.2, 0.25) is 0 Å². The molecule has 1 aliphatic carbocycles. The van der Waals surface area contributed by atoms with Gasteiger partial charge < -0.3 is 9.84 Å². The van der Waals surface area contributed by atoms with Gasteiger partial charge in [0.1, 0.15) is 11.6 Å². The van der Waals surface area contributed by atoms with E-state index in [1.54, 1.807) is 0 Å². The molecule has 1 aliphatic rings. The Labute approximate surface area is 218 Å². The summed E-state index contributed by atoms with van der Waals surface area (Å²) in [6.07, 6.45) is 5.44. The number of aliphatic carboxylic acids is 1. The monoisotopic (exact) mass is 526 g/mol. The van der Waals surface area contributed by atoms with Crippen molar-refractivity contribution in [1.29, 1.82) is 0 Å². The number of carbonyl (C=O) groups is 2. The molecule has 0 saturated heterocycles. The highest BCUT2D eigenvalue weighted by Crippen LogP contribution is 2.39. The summed E-state index contributed by atoms with van der Waals surface area (Å²) in [4.78, 5) is 29.4. The lowest BCUT2D eigenvalue weighted by molar-refractivity contribution is -0.132. The highest BCUT2D eigenvalue weighted by molar-refractivity contribution is 7.16. The number of carboxylic acid groups (broad SMARTS) is 1. The van der Waals surface area contributed by atoms with Gasteiger partial charge >= 0.3 is 5.97 Å². The largest absolute Gasteiger partial charge is 0.478 e. The molecule has 6 nitrogen and oxygen atoms in total. The third-order valence-electron chi connectivity index (χ3n) is 6.17. The standard InChI is InChI=1S/C28H28F2N2O4S/c1-3-11-36-12-5-7-17-6-4-8-20-19(17)9-10-24-25(20)31-28(37-24)32-26(33)18-14-22(29)21(23(30)15-18)13-16(2)27(34)35/h4,6,8,13-15H,3,5,7,9-12H2,1-2H3,(H,34,35)(H,31,32,33)/b16-13+. The van der Waals surface area contributed by atoms with Gasteiger partial charge in [0.05, 0.1) is 5.69 Å². The quantitative estimate of drug-likeness (QED) is 0.240. The molecular weight excluding hydrogens is 498 g/mol. The molecule has 3 aromatic rings. The van der Waals surface area contributed by atoms with Crippen LogP contribution in [0.5, 0.6) is 0 Å². The Bertz CT molecular complexity index is 1340. The number of thiazole rings is 1. The molecule has 0 spiro atoms. The number of benzene rings is 2. The normalized spacial score (nSPS) is 12.7. The zero-order chi connectivity index (χ0) is 26.5. The Balaban J connectivity index is 1.51. The van der Waals surface area contributed by atoms with E-state index < -0.39 is 29.1 Å². The number of nitrogens with zero attached hydrogens (tertiary/aromatic N) is 1. The van der Waals surface area contributed by atoms with Crippen LogP contribution < -0.4 is 5.32 Å². The fourth-order valence-corrected chi connectivity index (χ4v) is 5.29. The van der Waals surface area contributed by atoms with Crippen molar-refractivity contribution in [2.75, 3.05) is 18.5 Å². The number of halogens is 2. The van der Waals surface area contributed by atoms with E-state index in [2.05, 4.69) is 23.3 Å². The molecule has 0 atom stereocenters. The predicted octanol–water partition coefficient (Wildman–Crippen LogP) is 6.29. The van der Waals surface area contributed by atoms with Crippen molar-refractivity contribution in [1.82, 2.24) is 4.98 Å². The lowest BCUT2D eigenvalue weighted by Crippen LogP contribution is -2.13. The van der Waals surface area contributed by atoms with Gasteiger partial charge in [0.15, 0.2) is 5.13 Å². The summed E-state index contributed by atoms with van der Waals surface area (Å²) >= 11 is 1.35. The van der Waals surface area contributed by atoms with Gasteiger partial charge in [0.25, 0.3) is 5.91 Å². The first-order chi connectivity index (χ1) is 17.8. The van der Waals surface area contributed by atoms with Crippen LogP contribution in [0.15, 0.2) is 35.9 Å². The fraction of sp³-hybridized carbons (Fsp3) is 0.321. The van der Waals surface area contributed by atoms with Crippen LogP contribution in [0.4, 0.5) is 13.9 Å². The Morgan fingerprint density at radius 2 is 1.95 bits per heavy atom. The van der Waals surface area contributed by atoms with Gasteiger partial charge in [-0.3, -0.25) is 10.1 Å². The van der Waals surface area contributed by atoms with E-state index in [0.29, 0.717) is 5.13 Å². The number of amides is 1. The van der Waals surface area contributed by atoms with Gasteiger partial charge in [-0.1, -0.05) is 25.1 Å². The Kier molecular flexibility index (Phi) is 8.45. The number of hydrogen-bond donors (Lipinski definition) is 2. The molecule has 9 heteroatoms. The maximum Gasteiger partial charge on any atom is 0.331 e. The van der Waals surface area contributed by atoms with Gasteiger partial charge in [0, 0.05) is 40.4 Å². The fourth-order valence-electron chi connectivity index (χ4n) is 4.32. The number of fused-ring (bicyclic) bond motifs is 3. The number of ether oxygens (including phenoxy) is 1. The number of carboxylic acids is 1. The molecule has 194 valence electrons. The molecule has 0 unspecified atom stereocenters. The summed E-state index contributed by atoms with van der Waals surface area (Å²) in [7, 11) is 0. The number of hydrogen-bond acceptors (Lipinski definition) is 5. The van der Waals surface area contributed by atoms with Crippen LogP contribution in [0.25, 0.3) is 17.3 Å². The van der Waals surface area contributed by atoms with Crippen LogP contribution in [0.1, 0.15) is 58.6 Å². The summed E-state index contributed by atoms with van der Waals surface area (Å²) in [6, 6.07) is 7.96. The second-order valence-corrected chi connectivity index (χ2v) is 9.97. The maximum atomic E-state index is 14.5. The molecule has 37 heavy (non-hydrogen) atoms. The van der Waals surface area contributed by atoms with Crippen LogP contribution in [-0.4, -0.2) is 35.2 Å². The SMILES string of the molecule is CCCOCCCc1cccc2c1CCc1sc(NC(=O)c3cc(F)c(/C=C(\C)C(=O)O)c(F)c3)nc1-2. The van der Waals surface area contributed by atoms with Crippen LogP contribution in [0.2, 0.25) is 0 Å². The summed E-state index contributed by atoms with van der Waals surface area (Å²) in [5, 5.41) is 12.0. The van der Waals surface area contributed by atoms with Crippen LogP contribution in [0.3, 0.4) is 0 Å². The van der Waals surface area contributed by atoms with Crippen molar-refractivity contribution in [3.05, 3.63) is 74.7 Å². The average Bonchev–Trinajstić information content (AvgIpc) is 3.28. The lowest BCUT2D eigenvalue weighted by Gasteiger charge is -2.18. The molecular formula is C28H28F2N2O4S. The average molecular weight is 527 g/mol. The topological polar surface area (TPSA) is 88.5 Å². The zero-order valence-electron chi connectivity index (χ0n) is 20.7. The maximum absolute atomic E-state index is 14.5. The van der Waals surface area contributed by atoms with Crippen molar-refractivity contribution in [2.45, 2.75) is 46.0 Å². The number of aryl methyl sites for hydroxylation is 2. The molecule has 4 rings (SSSR count). The Morgan fingerprint density at radius 3 is 2.65 bits per heavy atom. The van der Waals surface area contributed by atoms with E-state index >= 15 is 0 Å². The highest BCUT2D eigenvalue weighted by atomic mass is 32.1. The summed E-state index contributed by atoms with van der Waals surface area (Å²) in [5.74, 6) is -4.03. The second-order valence-electron chi connectivity index (χ2n) is 8.89.